The van der Waals surface area contributed by atoms with Crippen LogP contribution in [0, 0.1) is 11.3 Å². The van der Waals surface area contributed by atoms with Gasteiger partial charge in [-0.3, -0.25) is 4.68 Å². The van der Waals surface area contributed by atoms with Crippen molar-refractivity contribution < 1.29 is 0 Å². The second-order valence-electron chi connectivity index (χ2n) is 7.38. The summed E-state index contributed by atoms with van der Waals surface area (Å²) in [4.78, 5) is 0. The van der Waals surface area contributed by atoms with Gasteiger partial charge in [0.05, 0.1) is 6.20 Å². The summed E-state index contributed by atoms with van der Waals surface area (Å²) in [5, 5.41) is 8.13. The largest absolute Gasteiger partial charge is 0.310 e. The molecule has 3 nitrogen and oxygen atoms in total. The summed E-state index contributed by atoms with van der Waals surface area (Å²) >= 11 is 0. The van der Waals surface area contributed by atoms with Crippen LogP contribution < -0.4 is 5.32 Å². The highest BCUT2D eigenvalue weighted by Gasteiger charge is 2.31. The van der Waals surface area contributed by atoms with Crippen molar-refractivity contribution in [3.05, 3.63) is 18.0 Å². The van der Waals surface area contributed by atoms with Crippen molar-refractivity contribution in [1.29, 1.82) is 0 Å². The van der Waals surface area contributed by atoms with Crippen LogP contribution in [0.15, 0.2) is 12.4 Å². The molecule has 1 heterocycles. The van der Waals surface area contributed by atoms with E-state index < -0.39 is 0 Å². The van der Waals surface area contributed by atoms with Gasteiger partial charge in [0.25, 0.3) is 0 Å². The lowest BCUT2D eigenvalue weighted by Crippen LogP contribution is -2.36. The zero-order valence-corrected chi connectivity index (χ0v) is 14.4. The van der Waals surface area contributed by atoms with Crippen molar-refractivity contribution in [2.75, 3.05) is 0 Å². The molecule has 0 aromatic carbocycles. The average Bonchev–Trinajstić information content (AvgIpc) is 2.94. The Balaban J connectivity index is 1.73. The second-order valence-corrected chi connectivity index (χ2v) is 7.38. The van der Waals surface area contributed by atoms with Gasteiger partial charge in [0.15, 0.2) is 0 Å². The minimum Gasteiger partial charge on any atom is -0.310 e. The normalized spacial score (nSPS) is 23.4. The van der Waals surface area contributed by atoms with Crippen LogP contribution in [0.5, 0.6) is 0 Å². The first-order valence-electron chi connectivity index (χ1n) is 8.80. The van der Waals surface area contributed by atoms with E-state index in [0.717, 1.165) is 25.4 Å². The molecule has 1 aliphatic carbocycles. The summed E-state index contributed by atoms with van der Waals surface area (Å²) in [6, 6.07) is 0.698. The van der Waals surface area contributed by atoms with Gasteiger partial charge in [0, 0.05) is 30.9 Å². The number of aryl methyl sites for hydroxylation is 1. The lowest BCUT2D eigenvalue weighted by atomic mass is 9.69. The van der Waals surface area contributed by atoms with E-state index in [0.29, 0.717) is 11.5 Å². The molecule has 0 aliphatic heterocycles. The third kappa shape index (κ3) is 4.57. The molecule has 0 bridgehead atoms. The lowest BCUT2D eigenvalue weighted by Gasteiger charge is -2.39. The Morgan fingerprint density at radius 1 is 1.24 bits per heavy atom. The number of hydrogen-bond donors (Lipinski definition) is 1. The van der Waals surface area contributed by atoms with E-state index in [1.807, 2.05) is 6.20 Å². The number of aromatic nitrogens is 2. The van der Waals surface area contributed by atoms with Crippen molar-refractivity contribution in [2.45, 2.75) is 85.4 Å². The van der Waals surface area contributed by atoms with Crippen molar-refractivity contribution in [3.63, 3.8) is 0 Å². The number of hydrogen-bond acceptors (Lipinski definition) is 2. The summed E-state index contributed by atoms with van der Waals surface area (Å²) in [6.45, 7) is 11.4. The molecule has 21 heavy (non-hydrogen) atoms. The molecule has 1 aliphatic rings. The van der Waals surface area contributed by atoms with Gasteiger partial charge in [-0.1, -0.05) is 34.1 Å². The molecule has 2 rings (SSSR count). The Morgan fingerprint density at radius 2 is 1.95 bits per heavy atom. The van der Waals surface area contributed by atoms with E-state index in [9.17, 15) is 0 Å². The average molecular weight is 291 g/mol. The maximum absolute atomic E-state index is 4.40. The van der Waals surface area contributed by atoms with E-state index in [4.69, 9.17) is 0 Å². The first-order chi connectivity index (χ1) is 10.0. The summed E-state index contributed by atoms with van der Waals surface area (Å²) in [7, 11) is 0. The van der Waals surface area contributed by atoms with Crippen molar-refractivity contribution in [3.8, 4) is 0 Å². The summed E-state index contributed by atoms with van der Waals surface area (Å²) in [5.74, 6) is 0.910. The fourth-order valence-electron chi connectivity index (χ4n) is 3.48. The molecule has 0 saturated heterocycles. The third-order valence-electron chi connectivity index (χ3n) is 5.48. The smallest absolute Gasteiger partial charge is 0.0534 e. The minimum atomic E-state index is 0.520. The van der Waals surface area contributed by atoms with Crippen LogP contribution >= 0.6 is 0 Å². The quantitative estimate of drug-likeness (QED) is 0.808. The van der Waals surface area contributed by atoms with Gasteiger partial charge in [-0.15, -0.1) is 0 Å². The Morgan fingerprint density at radius 3 is 2.57 bits per heavy atom. The molecule has 3 heteroatoms. The van der Waals surface area contributed by atoms with Crippen LogP contribution in [0.1, 0.15) is 71.8 Å². The maximum atomic E-state index is 4.40. The van der Waals surface area contributed by atoms with E-state index in [2.05, 4.69) is 49.0 Å². The van der Waals surface area contributed by atoms with Gasteiger partial charge in [0.2, 0.25) is 0 Å². The van der Waals surface area contributed by atoms with Gasteiger partial charge < -0.3 is 5.32 Å². The van der Waals surface area contributed by atoms with Gasteiger partial charge in [-0.2, -0.15) is 5.10 Å². The molecule has 0 amide bonds. The highest BCUT2D eigenvalue weighted by atomic mass is 15.3. The van der Waals surface area contributed by atoms with Crippen molar-refractivity contribution >= 4 is 0 Å². The Kier molecular flexibility index (Phi) is 5.86. The molecule has 1 saturated carbocycles. The fraction of sp³-hybridized carbons (Fsp3) is 0.833. The molecular weight excluding hydrogens is 258 g/mol. The van der Waals surface area contributed by atoms with E-state index in [1.165, 1.54) is 37.7 Å². The molecule has 120 valence electrons. The standard InChI is InChI=1S/C18H33N3/c1-5-11-21-14-15(13-20-21)12-19-17-9-7-16(8-10-17)18(3,4)6-2/h13-14,16-17,19H,5-12H2,1-4H3. The van der Waals surface area contributed by atoms with Gasteiger partial charge in [-0.05, 0) is 43.4 Å². The topological polar surface area (TPSA) is 29.9 Å². The SMILES string of the molecule is CCCn1cc(CNC2CCC(C(C)(C)CC)CC2)cn1. The molecule has 0 unspecified atom stereocenters. The Hall–Kier alpha value is -0.830. The molecular formula is C18H33N3. The molecule has 1 aromatic rings. The number of rotatable bonds is 7. The van der Waals surface area contributed by atoms with Gasteiger partial charge in [-0.25, -0.2) is 0 Å². The zero-order valence-electron chi connectivity index (χ0n) is 14.4. The van der Waals surface area contributed by atoms with E-state index >= 15 is 0 Å². The summed E-state index contributed by atoms with van der Waals surface area (Å²) in [5.41, 5.74) is 1.84. The van der Waals surface area contributed by atoms with Crippen molar-refractivity contribution in [2.24, 2.45) is 11.3 Å². The van der Waals surface area contributed by atoms with Crippen LogP contribution in [0.3, 0.4) is 0 Å². The first-order valence-corrected chi connectivity index (χ1v) is 8.80. The fourth-order valence-corrected chi connectivity index (χ4v) is 3.48. The van der Waals surface area contributed by atoms with Gasteiger partial charge >= 0.3 is 0 Å². The summed E-state index contributed by atoms with van der Waals surface area (Å²) in [6.07, 6.45) is 12.1. The highest BCUT2D eigenvalue weighted by Crippen LogP contribution is 2.40. The van der Waals surface area contributed by atoms with Crippen LogP contribution in [0.2, 0.25) is 0 Å². The third-order valence-corrected chi connectivity index (χ3v) is 5.48. The maximum Gasteiger partial charge on any atom is 0.0534 e. The molecule has 1 aromatic heterocycles. The lowest BCUT2D eigenvalue weighted by molar-refractivity contribution is 0.137. The van der Waals surface area contributed by atoms with Crippen LogP contribution in [0.4, 0.5) is 0 Å². The minimum absolute atomic E-state index is 0.520. The molecule has 0 radical (unpaired) electrons. The predicted octanol–water partition coefficient (Wildman–Crippen LogP) is 4.38. The zero-order chi connectivity index (χ0) is 15.3. The first kappa shape index (κ1) is 16.5. The van der Waals surface area contributed by atoms with Crippen molar-refractivity contribution in [1.82, 2.24) is 15.1 Å². The Bertz CT molecular complexity index is 414. The molecule has 1 N–H and O–H groups in total. The van der Waals surface area contributed by atoms with E-state index in [1.54, 1.807) is 0 Å². The molecule has 1 fully saturated rings. The predicted molar refractivity (Wildman–Crippen MR) is 89.2 cm³/mol. The second kappa shape index (κ2) is 7.44. The van der Waals surface area contributed by atoms with Gasteiger partial charge in [0.1, 0.15) is 0 Å². The van der Waals surface area contributed by atoms with Crippen LogP contribution in [-0.2, 0) is 13.1 Å². The monoisotopic (exact) mass is 291 g/mol. The Labute approximate surface area is 130 Å². The molecule has 0 atom stereocenters. The number of nitrogens with one attached hydrogen (secondary N) is 1. The highest BCUT2D eigenvalue weighted by molar-refractivity contribution is 5.03. The number of nitrogens with zero attached hydrogens (tertiary/aromatic N) is 2. The summed E-state index contributed by atoms with van der Waals surface area (Å²) < 4.78 is 2.05. The van der Waals surface area contributed by atoms with E-state index in [-0.39, 0.29) is 0 Å². The molecule has 0 spiro atoms. The van der Waals surface area contributed by atoms with Crippen LogP contribution in [0.25, 0.3) is 0 Å². The van der Waals surface area contributed by atoms with Crippen LogP contribution in [-0.4, -0.2) is 15.8 Å².